The number of hydrogen-bond acceptors (Lipinski definition) is 4. The maximum atomic E-state index is 13.0. The lowest BCUT2D eigenvalue weighted by Gasteiger charge is -2.29. The molecule has 0 spiro atoms. The van der Waals surface area contributed by atoms with Gasteiger partial charge < -0.3 is 10.2 Å². The topological polar surface area (TPSA) is 90.0 Å². The molecule has 27 heavy (non-hydrogen) atoms. The molecule has 1 aliphatic heterocycles. The number of unbranched alkanes of at least 4 members (excludes halogenated alkanes) is 1. The number of carbonyl (C=O) groups excluding carboxylic acids is 3. The molecule has 148 valence electrons. The summed E-state index contributed by atoms with van der Waals surface area (Å²) in [5, 5.41) is 13.4. The molecular formula is C19H26ClN3O4. The van der Waals surface area contributed by atoms with E-state index >= 15 is 0 Å². The van der Waals surface area contributed by atoms with Crippen LogP contribution in [0.2, 0.25) is 5.02 Å². The number of rotatable bonds is 9. The zero-order valence-electron chi connectivity index (χ0n) is 15.4. The van der Waals surface area contributed by atoms with Gasteiger partial charge in [0.15, 0.2) is 0 Å². The number of hydrogen-bond donors (Lipinski definition) is 2. The monoisotopic (exact) mass is 395 g/mol. The van der Waals surface area contributed by atoms with E-state index in [0.717, 1.165) is 19.3 Å². The maximum Gasteiger partial charge on any atom is 0.247 e. The SMILES string of the molecule is CCCC[C@H](CN(O)C=O)C(=O)N1CCC[C@H]1C(=O)Nc1ccc(Cl)cc1. The highest BCUT2D eigenvalue weighted by Gasteiger charge is 2.37. The number of amides is 3. The number of carbonyl (C=O) groups is 3. The number of nitrogens with zero attached hydrogens (tertiary/aromatic N) is 2. The van der Waals surface area contributed by atoms with Crippen LogP contribution in [0.1, 0.15) is 39.0 Å². The van der Waals surface area contributed by atoms with Crippen molar-refractivity contribution >= 4 is 35.5 Å². The molecule has 2 rings (SSSR count). The van der Waals surface area contributed by atoms with Gasteiger partial charge in [0.2, 0.25) is 18.2 Å². The van der Waals surface area contributed by atoms with Gasteiger partial charge >= 0.3 is 0 Å². The smallest absolute Gasteiger partial charge is 0.247 e. The van der Waals surface area contributed by atoms with Crippen molar-refractivity contribution in [1.82, 2.24) is 9.96 Å². The van der Waals surface area contributed by atoms with Gasteiger partial charge in [-0.05, 0) is 43.5 Å². The van der Waals surface area contributed by atoms with Gasteiger partial charge in [-0.2, -0.15) is 0 Å². The summed E-state index contributed by atoms with van der Waals surface area (Å²) in [6.45, 7) is 2.44. The van der Waals surface area contributed by atoms with E-state index in [4.69, 9.17) is 11.6 Å². The first kappa shape index (κ1) is 21.2. The Morgan fingerprint density at radius 3 is 2.74 bits per heavy atom. The lowest BCUT2D eigenvalue weighted by atomic mass is 9.99. The van der Waals surface area contributed by atoms with Crippen molar-refractivity contribution in [2.45, 2.75) is 45.1 Å². The van der Waals surface area contributed by atoms with Gasteiger partial charge in [-0.25, -0.2) is 5.06 Å². The van der Waals surface area contributed by atoms with Crippen molar-refractivity contribution in [3.63, 3.8) is 0 Å². The molecular weight excluding hydrogens is 370 g/mol. The van der Waals surface area contributed by atoms with Crippen LogP contribution in [0.25, 0.3) is 0 Å². The van der Waals surface area contributed by atoms with E-state index < -0.39 is 12.0 Å². The van der Waals surface area contributed by atoms with Crippen LogP contribution in [0.4, 0.5) is 5.69 Å². The first-order valence-corrected chi connectivity index (χ1v) is 9.61. The molecule has 1 heterocycles. The van der Waals surface area contributed by atoms with Gasteiger partial charge in [0.1, 0.15) is 6.04 Å². The zero-order chi connectivity index (χ0) is 19.8. The second-order valence-electron chi connectivity index (χ2n) is 6.75. The van der Waals surface area contributed by atoms with E-state index in [9.17, 15) is 19.6 Å². The molecule has 1 aromatic carbocycles. The summed E-state index contributed by atoms with van der Waals surface area (Å²) < 4.78 is 0. The highest BCUT2D eigenvalue weighted by molar-refractivity contribution is 6.30. The predicted molar refractivity (Wildman–Crippen MR) is 102 cm³/mol. The highest BCUT2D eigenvalue weighted by atomic mass is 35.5. The molecule has 0 saturated carbocycles. The number of likely N-dealkylation sites (tertiary alicyclic amines) is 1. The fraction of sp³-hybridized carbons (Fsp3) is 0.526. The van der Waals surface area contributed by atoms with Crippen LogP contribution in [-0.2, 0) is 14.4 Å². The first-order valence-electron chi connectivity index (χ1n) is 9.24. The van der Waals surface area contributed by atoms with E-state index in [-0.39, 0.29) is 18.4 Å². The molecule has 0 unspecified atom stereocenters. The molecule has 7 nitrogen and oxygen atoms in total. The normalized spacial score (nSPS) is 17.4. The highest BCUT2D eigenvalue weighted by Crippen LogP contribution is 2.24. The second kappa shape index (κ2) is 10.3. The Bertz CT molecular complexity index is 653. The van der Waals surface area contributed by atoms with Gasteiger partial charge in [-0.15, -0.1) is 0 Å². The van der Waals surface area contributed by atoms with E-state index in [2.05, 4.69) is 5.32 Å². The van der Waals surface area contributed by atoms with Crippen LogP contribution in [-0.4, -0.2) is 52.5 Å². The van der Waals surface area contributed by atoms with Crippen LogP contribution in [0, 0.1) is 5.92 Å². The van der Waals surface area contributed by atoms with E-state index in [1.54, 1.807) is 29.2 Å². The summed E-state index contributed by atoms with van der Waals surface area (Å²) in [6.07, 6.45) is 3.88. The average Bonchev–Trinajstić information content (AvgIpc) is 3.16. The number of halogens is 1. The Kier molecular flexibility index (Phi) is 8.06. The quantitative estimate of drug-likeness (QED) is 0.382. The molecule has 2 atom stereocenters. The van der Waals surface area contributed by atoms with Crippen molar-refractivity contribution < 1.29 is 19.6 Å². The van der Waals surface area contributed by atoms with Crippen molar-refractivity contribution in [3.8, 4) is 0 Å². The van der Waals surface area contributed by atoms with Crippen molar-refractivity contribution in [2.75, 3.05) is 18.4 Å². The minimum atomic E-state index is -0.555. The third-order valence-corrected chi connectivity index (χ3v) is 4.99. The van der Waals surface area contributed by atoms with Crippen molar-refractivity contribution in [3.05, 3.63) is 29.3 Å². The van der Waals surface area contributed by atoms with Gasteiger partial charge in [0, 0.05) is 17.3 Å². The fourth-order valence-corrected chi connectivity index (χ4v) is 3.43. The zero-order valence-corrected chi connectivity index (χ0v) is 16.2. The number of hydroxylamine groups is 2. The largest absolute Gasteiger partial charge is 0.330 e. The molecule has 8 heteroatoms. The Morgan fingerprint density at radius 2 is 2.11 bits per heavy atom. The van der Waals surface area contributed by atoms with Crippen LogP contribution < -0.4 is 5.32 Å². The van der Waals surface area contributed by atoms with Crippen LogP contribution >= 0.6 is 11.6 Å². The Hall–Kier alpha value is -2.12. The van der Waals surface area contributed by atoms with E-state index in [1.165, 1.54) is 0 Å². The molecule has 0 radical (unpaired) electrons. The number of anilines is 1. The van der Waals surface area contributed by atoms with Crippen molar-refractivity contribution in [2.24, 2.45) is 5.92 Å². The summed E-state index contributed by atoms with van der Waals surface area (Å²) >= 11 is 5.86. The molecule has 1 saturated heterocycles. The molecule has 0 aromatic heterocycles. The maximum absolute atomic E-state index is 13.0. The van der Waals surface area contributed by atoms with Gasteiger partial charge in [0.05, 0.1) is 12.5 Å². The third-order valence-electron chi connectivity index (χ3n) is 4.73. The van der Waals surface area contributed by atoms with Crippen LogP contribution in [0.5, 0.6) is 0 Å². The van der Waals surface area contributed by atoms with Crippen molar-refractivity contribution in [1.29, 1.82) is 0 Å². The summed E-state index contributed by atoms with van der Waals surface area (Å²) in [7, 11) is 0. The minimum Gasteiger partial charge on any atom is -0.330 e. The molecule has 1 aromatic rings. The summed E-state index contributed by atoms with van der Waals surface area (Å²) in [6, 6.07) is 6.23. The minimum absolute atomic E-state index is 0.0651. The lowest BCUT2D eigenvalue weighted by molar-refractivity contribution is -0.157. The van der Waals surface area contributed by atoms with Gasteiger partial charge in [-0.3, -0.25) is 19.6 Å². The van der Waals surface area contributed by atoms with Gasteiger partial charge in [0.25, 0.3) is 0 Å². The first-order chi connectivity index (χ1) is 13.0. The summed E-state index contributed by atoms with van der Waals surface area (Å²) in [5.41, 5.74) is 0.619. The second-order valence-corrected chi connectivity index (χ2v) is 7.19. The number of nitrogens with one attached hydrogen (secondary N) is 1. The average molecular weight is 396 g/mol. The number of benzene rings is 1. The Morgan fingerprint density at radius 1 is 1.41 bits per heavy atom. The third kappa shape index (κ3) is 5.94. The lowest BCUT2D eigenvalue weighted by Crippen LogP contribution is -2.47. The summed E-state index contributed by atoms with van der Waals surface area (Å²) in [5.74, 6) is -0.962. The Balaban J connectivity index is 2.06. The van der Waals surface area contributed by atoms with E-state index in [1.807, 2.05) is 6.92 Å². The van der Waals surface area contributed by atoms with Crippen LogP contribution in [0.15, 0.2) is 24.3 Å². The van der Waals surface area contributed by atoms with Crippen LogP contribution in [0.3, 0.4) is 0 Å². The molecule has 3 amide bonds. The fourth-order valence-electron chi connectivity index (χ4n) is 3.31. The Labute approximate surface area is 164 Å². The standard InChI is InChI=1S/C19H26ClN3O4/c1-2-3-5-14(12-22(27)13-24)19(26)23-11-4-6-17(23)18(25)21-16-9-7-15(20)8-10-16/h7-10,13-14,17,27H,2-6,11-12H2,1H3,(H,21,25)/t14-,17+/m1/s1. The predicted octanol–water partition coefficient (Wildman–Crippen LogP) is 2.92. The van der Waals surface area contributed by atoms with Gasteiger partial charge in [-0.1, -0.05) is 31.4 Å². The molecule has 1 aliphatic rings. The molecule has 0 aliphatic carbocycles. The molecule has 1 fully saturated rings. The molecule has 0 bridgehead atoms. The summed E-state index contributed by atoms with van der Waals surface area (Å²) in [4.78, 5) is 38.0. The molecule has 2 N–H and O–H groups in total. The van der Waals surface area contributed by atoms with E-state index in [0.29, 0.717) is 41.6 Å².